The van der Waals surface area contributed by atoms with Crippen LogP contribution in [0.1, 0.15) is 33.2 Å². The number of nitrogens with zero attached hydrogens (tertiary/aromatic N) is 2. The van der Waals surface area contributed by atoms with Crippen molar-refractivity contribution >= 4 is 23.8 Å². The van der Waals surface area contributed by atoms with E-state index in [1.165, 1.54) is 43.7 Å². The van der Waals surface area contributed by atoms with Gasteiger partial charge in [-0.25, -0.2) is 10.2 Å². The highest BCUT2D eigenvalue weighted by Gasteiger charge is 2.18. The minimum Gasteiger partial charge on any atom is -0.497 e. The average molecular weight is 463 g/mol. The maximum atomic E-state index is 12.5. The number of ether oxygens (including phenoxy) is 3. The molecule has 34 heavy (non-hydrogen) atoms. The van der Waals surface area contributed by atoms with E-state index in [0.717, 1.165) is 0 Å². The van der Waals surface area contributed by atoms with Crippen molar-refractivity contribution < 1.29 is 28.7 Å². The predicted molar refractivity (Wildman–Crippen MR) is 124 cm³/mol. The molecule has 3 aromatic carbocycles. The van der Waals surface area contributed by atoms with Gasteiger partial charge in [0.1, 0.15) is 11.3 Å². The van der Waals surface area contributed by atoms with Crippen LogP contribution in [0.5, 0.6) is 17.2 Å². The van der Waals surface area contributed by atoms with Crippen LogP contribution in [-0.2, 0) is 0 Å². The molecule has 0 aromatic heterocycles. The summed E-state index contributed by atoms with van der Waals surface area (Å²) in [5.41, 5.74) is 2.67. The third-order valence-corrected chi connectivity index (χ3v) is 4.50. The Bertz CT molecular complexity index is 1240. The van der Waals surface area contributed by atoms with Crippen molar-refractivity contribution in [3.63, 3.8) is 0 Å². The molecule has 0 saturated heterocycles. The van der Waals surface area contributed by atoms with E-state index >= 15 is 0 Å². The van der Waals surface area contributed by atoms with Crippen LogP contribution in [0.2, 0.25) is 0 Å². The zero-order chi connectivity index (χ0) is 24.5. The highest BCUT2D eigenvalue weighted by atomic mass is 16.6. The fourth-order valence-corrected chi connectivity index (χ4v) is 2.92. The quantitative estimate of drug-likeness (QED) is 0.167. The first-order valence-corrected chi connectivity index (χ1v) is 10.1. The number of para-hydroxylation sites is 1. The van der Waals surface area contributed by atoms with E-state index in [9.17, 15) is 19.7 Å². The van der Waals surface area contributed by atoms with Crippen molar-refractivity contribution in [2.24, 2.45) is 5.10 Å². The number of hydrazone groups is 1. The molecule has 10 nitrogen and oxygen atoms in total. The number of amides is 1. The number of carbonyl (C=O) groups excluding carboxylic acids is 2. The Morgan fingerprint density at radius 3 is 2.59 bits per heavy atom. The highest BCUT2D eigenvalue weighted by molar-refractivity contribution is 5.98. The van der Waals surface area contributed by atoms with Crippen LogP contribution in [-0.4, -0.2) is 36.7 Å². The monoisotopic (exact) mass is 463 g/mol. The average Bonchev–Trinajstić information content (AvgIpc) is 2.85. The molecule has 0 atom stereocenters. The van der Waals surface area contributed by atoms with Crippen molar-refractivity contribution in [3.8, 4) is 17.2 Å². The third-order valence-electron chi connectivity index (χ3n) is 4.50. The molecule has 0 radical (unpaired) electrons. The lowest BCUT2D eigenvalue weighted by atomic mass is 10.2. The molecule has 0 unspecified atom stereocenters. The Morgan fingerprint density at radius 2 is 1.85 bits per heavy atom. The zero-order valence-electron chi connectivity index (χ0n) is 18.4. The zero-order valence-corrected chi connectivity index (χ0v) is 18.4. The van der Waals surface area contributed by atoms with Crippen LogP contribution in [0.25, 0.3) is 0 Å². The van der Waals surface area contributed by atoms with Crippen LogP contribution in [0.15, 0.2) is 71.8 Å². The largest absolute Gasteiger partial charge is 0.497 e. The summed E-state index contributed by atoms with van der Waals surface area (Å²) in [6, 6.07) is 16.8. The van der Waals surface area contributed by atoms with Crippen LogP contribution >= 0.6 is 0 Å². The van der Waals surface area contributed by atoms with E-state index < -0.39 is 16.8 Å². The van der Waals surface area contributed by atoms with Crippen LogP contribution in [0, 0.1) is 10.1 Å². The molecular formula is C24H21N3O7. The third kappa shape index (κ3) is 5.94. The summed E-state index contributed by atoms with van der Waals surface area (Å²) < 4.78 is 16.2. The molecule has 10 heteroatoms. The summed E-state index contributed by atoms with van der Waals surface area (Å²) in [6.07, 6.45) is 1.34. The Hall–Kier alpha value is -4.73. The fraction of sp³-hybridized carbons (Fsp3) is 0.125. The Labute approximate surface area is 194 Å². The van der Waals surface area contributed by atoms with Crippen LogP contribution in [0.3, 0.4) is 0 Å². The predicted octanol–water partition coefficient (Wildman–Crippen LogP) is 3.99. The van der Waals surface area contributed by atoms with Gasteiger partial charge in [0.15, 0.2) is 11.5 Å². The molecule has 1 N–H and O–H groups in total. The Balaban J connectivity index is 1.73. The number of methoxy groups -OCH3 is 1. The number of benzene rings is 3. The molecule has 0 aliphatic carbocycles. The lowest BCUT2D eigenvalue weighted by Gasteiger charge is -2.11. The molecule has 0 saturated carbocycles. The number of carbonyl (C=O) groups is 2. The number of hydrogen-bond donors (Lipinski definition) is 1. The van der Waals surface area contributed by atoms with E-state index in [2.05, 4.69) is 10.5 Å². The van der Waals surface area contributed by atoms with Gasteiger partial charge in [0, 0.05) is 6.07 Å². The number of nitro benzene ring substituents is 1. The van der Waals surface area contributed by atoms with E-state index in [0.29, 0.717) is 29.2 Å². The van der Waals surface area contributed by atoms with Crippen molar-refractivity contribution in [2.45, 2.75) is 6.92 Å². The first-order chi connectivity index (χ1) is 16.4. The van der Waals surface area contributed by atoms with Gasteiger partial charge in [0.25, 0.3) is 11.6 Å². The normalized spacial score (nSPS) is 10.5. The number of hydrogen-bond acceptors (Lipinski definition) is 8. The number of nitrogens with one attached hydrogen (secondary N) is 1. The number of rotatable bonds is 9. The minimum absolute atomic E-state index is 0.112. The maximum absolute atomic E-state index is 12.5. The van der Waals surface area contributed by atoms with Gasteiger partial charge in [-0.2, -0.15) is 5.10 Å². The smallest absolute Gasteiger partial charge is 0.343 e. The van der Waals surface area contributed by atoms with Crippen LogP contribution < -0.4 is 19.6 Å². The van der Waals surface area contributed by atoms with Gasteiger partial charge < -0.3 is 14.2 Å². The summed E-state index contributed by atoms with van der Waals surface area (Å²) in [7, 11) is 1.50. The Kier molecular flexibility index (Phi) is 7.90. The Morgan fingerprint density at radius 1 is 1.06 bits per heavy atom. The van der Waals surface area contributed by atoms with Gasteiger partial charge in [-0.15, -0.1) is 0 Å². The molecule has 0 aliphatic heterocycles. The maximum Gasteiger partial charge on any atom is 0.343 e. The molecule has 3 aromatic rings. The molecule has 0 heterocycles. The molecule has 0 aliphatic rings. The summed E-state index contributed by atoms with van der Waals surface area (Å²) in [6.45, 7) is 2.10. The van der Waals surface area contributed by atoms with E-state index in [1.807, 2.05) is 0 Å². The molecule has 0 bridgehead atoms. The summed E-state index contributed by atoms with van der Waals surface area (Å²) in [5, 5.41) is 14.9. The second-order valence-electron chi connectivity index (χ2n) is 6.73. The van der Waals surface area contributed by atoms with Crippen molar-refractivity contribution in [1.82, 2.24) is 5.43 Å². The van der Waals surface area contributed by atoms with Gasteiger partial charge in [-0.05, 0) is 55.0 Å². The lowest BCUT2D eigenvalue weighted by molar-refractivity contribution is -0.385. The van der Waals surface area contributed by atoms with Gasteiger partial charge in [0.05, 0.1) is 30.4 Å². The summed E-state index contributed by atoms with van der Waals surface area (Å²) in [4.78, 5) is 35.2. The first-order valence-electron chi connectivity index (χ1n) is 10.1. The lowest BCUT2D eigenvalue weighted by Crippen LogP contribution is -2.19. The minimum atomic E-state index is -0.725. The van der Waals surface area contributed by atoms with Crippen LogP contribution in [0.4, 0.5) is 5.69 Å². The van der Waals surface area contributed by atoms with E-state index in [4.69, 9.17) is 14.2 Å². The van der Waals surface area contributed by atoms with E-state index in [-0.39, 0.29) is 17.0 Å². The SMILES string of the molecule is CCOc1cc(/C=N/NC(=O)c2ccccc2[N+](=O)[O-])ccc1OC(=O)c1cccc(OC)c1. The number of esters is 1. The topological polar surface area (TPSA) is 129 Å². The van der Waals surface area contributed by atoms with E-state index in [1.54, 1.807) is 43.3 Å². The van der Waals surface area contributed by atoms with Gasteiger partial charge in [-0.1, -0.05) is 18.2 Å². The summed E-state index contributed by atoms with van der Waals surface area (Å²) >= 11 is 0. The molecule has 0 fully saturated rings. The highest BCUT2D eigenvalue weighted by Crippen LogP contribution is 2.29. The van der Waals surface area contributed by atoms with Crippen molar-refractivity contribution in [3.05, 3.63) is 93.5 Å². The molecule has 174 valence electrons. The number of nitro groups is 1. The van der Waals surface area contributed by atoms with Crippen molar-refractivity contribution in [1.29, 1.82) is 0 Å². The summed E-state index contributed by atoms with van der Waals surface area (Å²) in [5.74, 6) is -0.284. The van der Waals surface area contributed by atoms with Crippen molar-refractivity contribution in [2.75, 3.05) is 13.7 Å². The second kappa shape index (κ2) is 11.2. The second-order valence-corrected chi connectivity index (χ2v) is 6.73. The molecular weight excluding hydrogens is 442 g/mol. The van der Waals surface area contributed by atoms with Gasteiger partial charge in [-0.3, -0.25) is 14.9 Å². The first kappa shape index (κ1) is 23.9. The van der Waals surface area contributed by atoms with Gasteiger partial charge >= 0.3 is 5.97 Å². The molecule has 3 rings (SSSR count). The molecule has 1 amide bonds. The van der Waals surface area contributed by atoms with Gasteiger partial charge in [0.2, 0.25) is 0 Å². The fourth-order valence-electron chi connectivity index (χ4n) is 2.92. The standard InChI is InChI=1S/C24H21N3O7/c1-3-33-22-13-16(15-25-26-23(28)19-9-4-5-10-20(19)27(30)31)11-12-21(22)34-24(29)17-7-6-8-18(14-17)32-2/h4-15H,3H2,1-2H3,(H,26,28)/b25-15+. The molecule has 0 spiro atoms.